The van der Waals surface area contributed by atoms with Crippen molar-refractivity contribution in [1.29, 1.82) is 0 Å². The van der Waals surface area contributed by atoms with E-state index in [0.717, 1.165) is 23.9 Å². The Morgan fingerprint density at radius 1 is 1.10 bits per heavy atom. The van der Waals surface area contributed by atoms with Gasteiger partial charge in [0.2, 0.25) is 0 Å². The van der Waals surface area contributed by atoms with Crippen LogP contribution >= 0.6 is 0 Å². The van der Waals surface area contributed by atoms with Crippen molar-refractivity contribution in [2.45, 2.75) is 52.1 Å². The maximum atomic E-state index is 4.54. The van der Waals surface area contributed by atoms with Crippen molar-refractivity contribution >= 4 is 10.9 Å². The third kappa shape index (κ3) is 3.44. The van der Waals surface area contributed by atoms with Gasteiger partial charge in [-0.3, -0.25) is 4.98 Å². The van der Waals surface area contributed by atoms with Crippen molar-refractivity contribution in [2.75, 3.05) is 0 Å². The highest BCUT2D eigenvalue weighted by Crippen LogP contribution is 2.30. The first-order valence-electron chi connectivity index (χ1n) is 8.30. The second-order valence-electron chi connectivity index (χ2n) is 6.73. The zero-order chi connectivity index (χ0) is 14.7. The summed E-state index contributed by atoms with van der Waals surface area (Å²) in [6.45, 7) is 5.66. The molecular weight excluding hydrogens is 256 g/mol. The summed E-state index contributed by atoms with van der Waals surface area (Å²) in [4.78, 5) is 4.54. The zero-order valence-electron chi connectivity index (χ0n) is 13.2. The smallest absolute Gasteiger partial charge is 0.0746 e. The number of fused-ring (bicyclic) bond motifs is 1. The van der Waals surface area contributed by atoms with E-state index < -0.39 is 0 Å². The van der Waals surface area contributed by atoms with Crippen LogP contribution in [-0.2, 0) is 6.54 Å². The van der Waals surface area contributed by atoms with Crippen LogP contribution in [0.1, 0.15) is 45.1 Å². The number of nitrogens with one attached hydrogen (secondary N) is 1. The Morgan fingerprint density at radius 2 is 1.86 bits per heavy atom. The van der Waals surface area contributed by atoms with E-state index in [1.54, 1.807) is 0 Å². The number of rotatable bonds is 4. The molecule has 1 aromatic carbocycles. The van der Waals surface area contributed by atoms with E-state index in [-0.39, 0.29) is 0 Å². The highest BCUT2D eigenvalue weighted by Gasteiger charge is 2.22. The van der Waals surface area contributed by atoms with Crippen LogP contribution in [0.4, 0.5) is 0 Å². The first kappa shape index (κ1) is 14.5. The van der Waals surface area contributed by atoms with Gasteiger partial charge in [-0.05, 0) is 49.1 Å². The molecule has 2 heteroatoms. The highest BCUT2D eigenvalue weighted by molar-refractivity contribution is 5.81. The average molecular weight is 282 g/mol. The van der Waals surface area contributed by atoms with E-state index in [1.165, 1.54) is 36.6 Å². The highest BCUT2D eigenvalue weighted by atomic mass is 14.9. The number of aromatic nitrogens is 1. The third-order valence-electron chi connectivity index (χ3n) is 5.01. The van der Waals surface area contributed by atoms with Crippen molar-refractivity contribution in [3.05, 3.63) is 42.1 Å². The van der Waals surface area contributed by atoms with E-state index in [2.05, 4.69) is 48.4 Å². The van der Waals surface area contributed by atoms with E-state index in [4.69, 9.17) is 0 Å². The molecule has 3 rings (SSSR count). The van der Waals surface area contributed by atoms with Gasteiger partial charge in [0.15, 0.2) is 0 Å². The van der Waals surface area contributed by atoms with Crippen LogP contribution in [0.5, 0.6) is 0 Å². The molecule has 2 nitrogen and oxygen atoms in total. The molecule has 1 aliphatic rings. The molecule has 0 amide bonds. The molecule has 0 saturated heterocycles. The topological polar surface area (TPSA) is 24.9 Å². The van der Waals surface area contributed by atoms with Gasteiger partial charge in [0.1, 0.15) is 0 Å². The second-order valence-corrected chi connectivity index (χ2v) is 6.73. The lowest BCUT2D eigenvalue weighted by atomic mass is 9.79. The molecule has 0 atom stereocenters. The summed E-state index contributed by atoms with van der Waals surface area (Å²) in [5, 5.41) is 4.99. The maximum absolute atomic E-state index is 4.54. The molecule has 112 valence electrons. The minimum absolute atomic E-state index is 0.680. The van der Waals surface area contributed by atoms with Crippen LogP contribution in [-0.4, -0.2) is 11.0 Å². The van der Waals surface area contributed by atoms with Crippen LogP contribution in [0.3, 0.4) is 0 Å². The van der Waals surface area contributed by atoms with E-state index in [9.17, 15) is 0 Å². The standard InChI is InChI=1S/C19H26N2/c1-14(2)15-8-10-18(11-9-15)21-13-17-6-3-5-16-7-4-12-20-19(16)17/h3-7,12,14-15,18,21H,8-11,13H2,1-2H3. The molecule has 0 bridgehead atoms. The Labute approximate surface area is 128 Å². The van der Waals surface area contributed by atoms with Gasteiger partial charge in [0.25, 0.3) is 0 Å². The van der Waals surface area contributed by atoms with Crippen molar-refractivity contribution in [3.63, 3.8) is 0 Å². The second kappa shape index (κ2) is 6.57. The lowest BCUT2D eigenvalue weighted by molar-refractivity contribution is 0.238. The number of hydrogen-bond donors (Lipinski definition) is 1. The third-order valence-corrected chi connectivity index (χ3v) is 5.01. The number of pyridine rings is 1. The normalized spacial score (nSPS) is 22.8. The molecule has 0 aliphatic heterocycles. The molecule has 1 N–H and O–H groups in total. The Bertz CT molecular complexity index is 578. The van der Waals surface area contributed by atoms with E-state index in [1.807, 2.05) is 12.3 Å². The number of benzene rings is 1. The molecule has 0 radical (unpaired) electrons. The predicted octanol–water partition coefficient (Wildman–Crippen LogP) is 4.54. The fourth-order valence-electron chi connectivity index (χ4n) is 3.55. The minimum atomic E-state index is 0.680. The predicted molar refractivity (Wildman–Crippen MR) is 89.2 cm³/mol. The average Bonchev–Trinajstić information content (AvgIpc) is 2.53. The van der Waals surface area contributed by atoms with Crippen LogP contribution in [0.2, 0.25) is 0 Å². The number of nitrogens with zero attached hydrogens (tertiary/aromatic N) is 1. The molecule has 1 aliphatic carbocycles. The van der Waals surface area contributed by atoms with Gasteiger partial charge in [0.05, 0.1) is 5.52 Å². The van der Waals surface area contributed by atoms with Crippen LogP contribution < -0.4 is 5.32 Å². The Balaban J connectivity index is 1.60. The van der Waals surface area contributed by atoms with E-state index >= 15 is 0 Å². The largest absolute Gasteiger partial charge is 0.310 e. The summed E-state index contributed by atoms with van der Waals surface area (Å²) in [6, 6.07) is 11.3. The SMILES string of the molecule is CC(C)C1CCC(NCc2cccc3cccnc23)CC1. The van der Waals surface area contributed by atoms with Crippen molar-refractivity contribution in [1.82, 2.24) is 10.3 Å². The summed E-state index contributed by atoms with van der Waals surface area (Å²) in [5.41, 5.74) is 2.46. The molecular formula is C19H26N2. The quantitative estimate of drug-likeness (QED) is 0.890. The van der Waals surface area contributed by atoms with Gasteiger partial charge in [-0.15, -0.1) is 0 Å². The van der Waals surface area contributed by atoms with Crippen molar-refractivity contribution < 1.29 is 0 Å². The molecule has 0 unspecified atom stereocenters. The van der Waals surface area contributed by atoms with Gasteiger partial charge >= 0.3 is 0 Å². The number of hydrogen-bond acceptors (Lipinski definition) is 2. The molecule has 1 saturated carbocycles. The first-order chi connectivity index (χ1) is 10.2. The monoisotopic (exact) mass is 282 g/mol. The fraction of sp³-hybridized carbons (Fsp3) is 0.526. The summed E-state index contributed by atoms with van der Waals surface area (Å²) < 4.78 is 0. The van der Waals surface area contributed by atoms with Gasteiger partial charge in [-0.25, -0.2) is 0 Å². The molecule has 0 spiro atoms. The Hall–Kier alpha value is -1.41. The van der Waals surface area contributed by atoms with Gasteiger partial charge in [0, 0.05) is 24.2 Å². The first-order valence-corrected chi connectivity index (χ1v) is 8.30. The van der Waals surface area contributed by atoms with Crippen LogP contribution in [0.15, 0.2) is 36.5 Å². The maximum Gasteiger partial charge on any atom is 0.0746 e. The summed E-state index contributed by atoms with van der Waals surface area (Å²) >= 11 is 0. The fourth-order valence-corrected chi connectivity index (χ4v) is 3.55. The lowest BCUT2D eigenvalue weighted by Gasteiger charge is -2.31. The zero-order valence-corrected chi connectivity index (χ0v) is 13.2. The number of para-hydroxylation sites is 1. The van der Waals surface area contributed by atoms with E-state index in [0.29, 0.717) is 6.04 Å². The van der Waals surface area contributed by atoms with Crippen molar-refractivity contribution in [3.8, 4) is 0 Å². The molecule has 21 heavy (non-hydrogen) atoms. The van der Waals surface area contributed by atoms with Crippen molar-refractivity contribution in [2.24, 2.45) is 11.8 Å². The summed E-state index contributed by atoms with van der Waals surface area (Å²) in [5.74, 6) is 1.77. The molecule has 2 aromatic rings. The van der Waals surface area contributed by atoms with Gasteiger partial charge < -0.3 is 5.32 Å². The van der Waals surface area contributed by atoms with Gasteiger partial charge in [-0.2, -0.15) is 0 Å². The minimum Gasteiger partial charge on any atom is -0.310 e. The summed E-state index contributed by atoms with van der Waals surface area (Å²) in [7, 11) is 0. The lowest BCUT2D eigenvalue weighted by Crippen LogP contribution is -2.33. The Morgan fingerprint density at radius 3 is 2.62 bits per heavy atom. The molecule has 1 heterocycles. The van der Waals surface area contributed by atoms with Crippen LogP contribution in [0, 0.1) is 11.8 Å². The molecule has 1 fully saturated rings. The van der Waals surface area contributed by atoms with Crippen LogP contribution in [0.25, 0.3) is 10.9 Å². The summed E-state index contributed by atoms with van der Waals surface area (Å²) in [6.07, 6.45) is 7.29. The molecule has 1 aromatic heterocycles. The van der Waals surface area contributed by atoms with Gasteiger partial charge in [-0.1, -0.05) is 38.1 Å². The Kier molecular flexibility index (Phi) is 4.54.